The van der Waals surface area contributed by atoms with Crippen LogP contribution in [0.1, 0.15) is 23.9 Å². The van der Waals surface area contributed by atoms with Gasteiger partial charge in [-0.3, -0.25) is 4.79 Å². The molecule has 1 fully saturated rings. The highest BCUT2D eigenvalue weighted by Gasteiger charge is 2.31. The normalized spacial score (nSPS) is 19.1. The number of hydrogen-bond acceptors (Lipinski definition) is 5. The van der Waals surface area contributed by atoms with Gasteiger partial charge in [-0.15, -0.1) is 0 Å². The topological polar surface area (TPSA) is 80.2 Å². The number of nitrogens with one attached hydrogen (secondary N) is 3. The molecule has 2 atom stereocenters. The van der Waals surface area contributed by atoms with E-state index in [0.29, 0.717) is 19.4 Å². The van der Waals surface area contributed by atoms with Crippen LogP contribution in [0.2, 0.25) is 0 Å². The molecule has 7 heteroatoms. The zero-order chi connectivity index (χ0) is 19.5. The average Bonchev–Trinajstić information content (AvgIpc) is 3.34. The van der Waals surface area contributed by atoms with Crippen LogP contribution in [-0.2, 0) is 18.3 Å². The van der Waals surface area contributed by atoms with E-state index in [1.165, 1.54) is 0 Å². The summed E-state index contributed by atoms with van der Waals surface area (Å²) in [5.74, 6) is 1.78. The second-order valence-electron chi connectivity index (χ2n) is 6.99. The minimum atomic E-state index is -0.282. The third-order valence-electron chi connectivity index (χ3n) is 5.26. The highest BCUT2D eigenvalue weighted by atomic mass is 16.5. The molecule has 2 unspecified atom stereocenters. The van der Waals surface area contributed by atoms with Gasteiger partial charge in [-0.25, -0.2) is 15.8 Å². The molecular weight excluding hydrogens is 354 g/mol. The number of rotatable bonds is 6. The minimum Gasteiger partial charge on any atom is -0.496 e. The van der Waals surface area contributed by atoms with Crippen molar-refractivity contribution in [3.8, 4) is 5.75 Å². The Balaban J connectivity index is 1.32. The van der Waals surface area contributed by atoms with E-state index in [-0.39, 0.29) is 18.0 Å². The van der Waals surface area contributed by atoms with Gasteiger partial charge in [0.25, 0.3) is 0 Å². The number of methoxy groups -OCH3 is 1. The number of hydrazine groups is 1. The number of para-hydroxylation sites is 3. The monoisotopic (exact) mass is 379 g/mol. The van der Waals surface area contributed by atoms with Crippen molar-refractivity contribution in [3.05, 3.63) is 59.9 Å². The van der Waals surface area contributed by atoms with Crippen LogP contribution in [0.4, 0.5) is 0 Å². The molecule has 1 aliphatic heterocycles. The van der Waals surface area contributed by atoms with Gasteiger partial charge in [-0.2, -0.15) is 0 Å². The van der Waals surface area contributed by atoms with Crippen molar-refractivity contribution in [3.63, 3.8) is 0 Å². The van der Waals surface area contributed by atoms with Gasteiger partial charge < -0.3 is 14.6 Å². The van der Waals surface area contributed by atoms with Gasteiger partial charge in [0.1, 0.15) is 17.6 Å². The number of carbonyl (C=O) groups excluding carboxylic acids is 1. The summed E-state index contributed by atoms with van der Waals surface area (Å²) < 4.78 is 7.50. The fraction of sp³-hybridized carbons (Fsp3) is 0.333. The lowest BCUT2D eigenvalue weighted by Gasteiger charge is -2.14. The molecule has 0 spiro atoms. The van der Waals surface area contributed by atoms with Crippen LogP contribution >= 0.6 is 0 Å². The molecule has 1 aromatic heterocycles. The molecule has 1 saturated heterocycles. The molecule has 0 aliphatic carbocycles. The highest BCUT2D eigenvalue weighted by molar-refractivity contribution is 5.82. The lowest BCUT2D eigenvalue weighted by atomic mass is 10.0. The first kappa shape index (κ1) is 18.5. The summed E-state index contributed by atoms with van der Waals surface area (Å²) in [5, 5.41) is 3.02. The molecule has 3 aromatic rings. The molecule has 28 heavy (non-hydrogen) atoms. The molecule has 0 saturated carbocycles. The smallest absolute Gasteiger partial charge is 0.238 e. The number of amides is 1. The van der Waals surface area contributed by atoms with E-state index in [0.717, 1.165) is 28.2 Å². The zero-order valence-corrected chi connectivity index (χ0v) is 16.1. The molecule has 0 radical (unpaired) electrons. The number of benzene rings is 2. The first-order chi connectivity index (χ1) is 13.7. The van der Waals surface area contributed by atoms with Crippen LogP contribution in [0, 0.1) is 0 Å². The van der Waals surface area contributed by atoms with Gasteiger partial charge >= 0.3 is 0 Å². The molecule has 2 heterocycles. The molecule has 146 valence electrons. The molecule has 1 aliphatic rings. The van der Waals surface area contributed by atoms with Crippen LogP contribution in [-0.4, -0.2) is 35.2 Å². The molecule has 2 aromatic carbocycles. The number of aryl methyl sites for hydroxylation is 1. The summed E-state index contributed by atoms with van der Waals surface area (Å²) in [6.45, 7) is 0.549. The summed E-state index contributed by atoms with van der Waals surface area (Å²) in [7, 11) is 3.67. The number of carbonyl (C=O) groups is 1. The number of fused-ring (bicyclic) bond motifs is 1. The van der Waals surface area contributed by atoms with E-state index < -0.39 is 0 Å². The largest absolute Gasteiger partial charge is 0.496 e. The third kappa shape index (κ3) is 3.58. The zero-order valence-electron chi connectivity index (χ0n) is 16.1. The Morgan fingerprint density at radius 2 is 2.00 bits per heavy atom. The fourth-order valence-corrected chi connectivity index (χ4v) is 3.73. The molecule has 4 rings (SSSR count). The second-order valence-corrected chi connectivity index (χ2v) is 6.99. The standard InChI is InChI=1S/C21H25N5O2/c1-26-18-9-5-4-8-15(18)23-20(26)11-12-22-21(27)17-13-16(24-25-17)14-7-3-6-10-19(14)28-2/h3-10,16-17,24-25H,11-13H2,1-2H3,(H,22,27). The van der Waals surface area contributed by atoms with E-state index in [4.69, 9.17) is 4.74 Å². The van der Waals surface area contributed by atoms with Crippen molar-refractivity contribution in [1.29, 1.82) is 0 Å². The van der Waals surface area contributed by atoms with Crippen molar-refractivity contribution >= 4 is 16.9 Å². The van der Waals surface area contributed by atoms with Crippen molar-refractivity contribution < 1.29 is 9.53 Å². The van der Waals surface area contributed by atoms with E-state index in [1.54, 1.807) is 7.11 Å². The minimum absolute atomic E-state index is 0.0105. The van der Waals surface area contributed by atoms with E-state index in [1.807, 2.05) is 49.5 Å². The van der Waals surface area contributed by atoms with Crippen LogP contribution < -0.4 is 20.9 Å². The Labute approximate surface area is 164 Å². The Kier molecular flexibility index (Phi) is 5.27. The van der Waals surface area contributed by atoms with E-state index >= 15 is 0 Å². The summed E-state index contributed by atoms with van der Waals surface area (Å²) >= 11 is 0. The van der Waals surface area contributed by atoms with E-state index in [9.17, 15) is 4.79 Å². The Bertz CT molecular complexity index is 984. The summed E-state index contributed by atoms with van der Waals surface area (Å²) in [6.07, 6.45) is 1.35. The third-order valence-corrected chi connectivity index (χ3v) is 5.26. The Morgan fingerprint density at radius 1 is 1.21 bits per heavy atom. The summed E-state index contributed by atoms with van der Waals surface area (Å²) in [6, 6.07) is 15.7. The number of hydrogen-bond donors (Lipinski definition) is 3. The quantitative estimate of drug-likeness (QED) is 0.609. The van der Waals surface area contributed by atoms with Crippen molar-refractivity contribution in [2.75, 3.05) is 13.7 Å². The molecule has 7 nitrogen and oxygen atoms in total. The highest BCUT2D eigenvalue weighted by Crippen LogP contribution is 2.29. The number of imidazole rings is 1. The SMILES string of the molecule is COc1ccccc1C1CC(C(=O)NCCc2nc3ccccc3n2C)NN1. The van der Waals surface area contributed by atoms with Crippen LogP contribution in [0.25, 0.3) is 11.0 Å². The molecule has 1 amide bonds. The fourth-order valence-electron chi connectivity index (χ4n) is 3.73. The molecule has 3 N–H and O–H groups in total. The van der Waals surface area contributed by atoms with Crippen LogP contribution in [0.5, 0.6) is 5.75 Å². The summed E-state index contributed by atoms with van der Waals surface area (Å²) in [4.78, 5) is 17.2. The number of aromatic nitrogens is 2. The van der Waals surface area contributed by atoms with Crippen molar-refractivity contribution in [2.45, 2.75) is 24.9 Å². The molecule has 0 bridgehead atoms. The first-order valence-corrected chi connectivity index (χ1v) is 9.49. The average molecular weight is 379 g/mol. The van der Waals surface area contributed by atoms with Gasteiger partial charge in [0, 0.05) is 25.6 Å². The predicted molar refractivity (Wildman–Crippen MR) is 108 cm³/mol. The van der Waals surface area contributed by atoms with Gasteiger partial charge in [0.15, 0.2) is 0 Å². The maximum absolute atomic E-state index is 12.6. The Hall–Kier alpha value is -2.90. The lowest BCUT2D eigenvalue weighted by Crippen LogP contribution is -2.43. The predicted octanol–water partition coefficient (Wildman–Crippen LogP) is 1.85. The van der Waals surface area contributed by atoms with Crippen molar-refractivity contribution in [2.24, 2.45) is 7.05 Å². The number of nitrogens with zero attached hydrogens (tertiary/aromatic N) is 2. The van der Waals surface area contributed by atoms with Crippen LogP contribution in [0.3, 0.4) is 0 Å². The number of ether oxygens (including phenoxy) is 1. The Morgan fingerprint density at radius 3 is 2.82 bits per heavy atom. The van der Waals surface area contributed by atoms with Crippen LogP contribution in [0.15, 0.2) is 48.5 Å². The van der Waals surface area contributed by atoms with Gasteiger partial charge in [-0.1, -0.05) is 30.3 Å². The van der Waals surface area contributed by atoms with Gasteiger partial charge in [0.2, 0.25) is 5.91 Å². The summed E-state index contributed by atoms with van der Waals surface area (Å²) in [5.41, 5.74) is 9.44. The maximum Gasteiger partial charge on any atom is 0.238 e. The van der Waals surface area contributed by atoms with Crippen molar-refractivity contribution in [1.82, 2.24) is 25.7 Å². The first-order valence-electron chi connectivity index (χ1n) is 9.49. The maximum atomic E-state index is 12.6. The van der Waals surface area contributed by atoms with Gasteiger partial charge in [-0.05, 0) is 24.6 Å². The second kappa shape index (κ2) is 8.00. The lowest BCUT2D eigenvalue weighted by molar-refractivity contribution is -0.122. The van der Waals surface area contributed by atoms with E-state index in [2.05, 4.69) is 31.8 Å². The van der Waals surface area contributed by atoms with Gasteiger partial charge in [0.05, 0.1) is 24.2 Å². The molecular formula is C21H25N5O2.